The molecule has 0 saturated heterocycles. The van der Waals surface area contributed by atoms with Gasteiger partial charge in [-0.3, -0.25) is 0 Å². The largest absolute Gasteiger partial charge is 0.0702 e. The predicted octanol–water partition coefficient (Wildman–Crippen LogP) is 4.06. The first-order chi connectivity index (χ1) is 6.77. The molecule has 0 nitrogen and oxygen atoms in total. The smallest absolute Gasteiger partial charge is 0.0191 e. The predicted molar refractivity (Wildman–Crippen MR) is 62.0 cm³/mol. The zero-order chi connectivity index (χ0) is 9.97. The minimum absolute atomic E-state index is 0.690. The molecule has 0 amide bonds. The van der Waals surface area contributed by atoms with Crippen molar-refractivity contribution in [1.82, 2.24) is 0 Å². The molecule has 0 heteroatoms. The number of rotatable bonds is 1. The van der Waals surface area contributed by atoms with Crippen LogP contribution in [-0.4, -0.2) is 0 Å². The molecule has 0 spiro atoms. The third kappa shape index (κ3) is 1.79. The SMILES string of the molecule is CC1=CC=C(c2ccccc2)CC1C. The maximum atomic E-state index is 2.29. The lowest BCUT2D eigenvalue weighted by atomic mass is 9.86. The highest BCUT2D eigenvalue weighted by molar-refractivity contribution is 5.68. The highest BCUT2D eigenvalue weighted by atomic mass is 14.2. The van der Waals surface area contributed by atoms with E-state index in [0.717, 1.165) is 0 Å². The van der Waals surface area contributed by atoms with Gasteiger partial charge in [0, 0.05) is 0 Å². The Balaban J connectivity index is 2.30. The van der Waals surface area contributed by atoms with Crippen LogP contribution in [0.2, 0.25) is 0 Å². The van der Waals surface area contributed by atoms with Crippen LogP contribution >= 0.6 is 0 Å². The second kappa shape index (κ2) is 3.83. The quantitative estimate of drug-likeness (QED) is 0.617. The van der Waals surface area contributed by atoms with Crippen molar-refractivity contribution in [3.63, 3.8) is 0 Å². The Morgan fingerprint density at radius 3 is 2.43 bits per heavy atom. The van der Waals surface area contributed by atoms with Crippen LogP contribution in [-0.2, 0) is 0 Å². The molecule has 0 heterocycles. The van der Waals surface area contributed by atoms with Crippen LogP contribution < -0.4 is 0 Å². The van der Waals surface area contributed by atoms with Crippen LogP contribution in [0, 0.1) is 5.92 Å². The number of benzene rings is 1. The molecule has 0 saturated carbocycles. The summed E-state index contributed by atoms with van der Waals surface area (Å²) >= 11 is 0. The second-order valence-corrected chi connectivity index (χ2v) is 4.07. The monoisotopic (exact) mass is 184 g/mol. The first-order valence-corrected chi connectivity index (χ1v) is 5.20. The molecule has 1 aromatic carbocycles. The van der Waals surface area contributed by atoms with Gasteiger partial charge < -0.3 is 0 Å². The van der Waals surface area contributed by atoms with Crippen LogP contribution in [0.3, 0.4) is 0 Å². The highest BCUT2D eigenvalue weighted by Gasteiger charge is 2.12. The lowest BCUT2D eigenvalue weighted by Crippen LogP contribution is -2.02. The molecule has 0 fully saturated rings. The van der Waals surface area contributed by atoms with E-state index in [9.17, 15) is 0 Å². The van der Waals surface area contributed by atoms with E-state index in [-0.39, 0.29) is 0 Å². The van der Waals surface area contributed by atoms with Crippen molar-refractivity contribution >= 4 is 5.57 Å². The summed E-state index contributed by atoms with van der Waals surface area (Å²) in [6.07, 6.45) is 5.67. The molecule has 1 atom stereocenters. The summed E-state index contributed by atoms with van der Waals surface area (Å²) in [5, 5.41) is 0. The van der Waals surface area contributed by atoms with Gasteiger partial charge in [0.15, 0.2) is 0 Å². The van der Waals surface area contributed by atoms with E-state index in [4.69, 9.17) is 0 Å². The van der Waals surface area contributed by atoms with Gasteiger partial charge in [0.1, 0.15) is 0 Å². The van der Waals surface area contributed by atoms with E-state index in [1.807, 2.05) is 0 Å². The fourth-order valence-corrected chi connectivity index (χ4v) is 1.82. The number of hydrogen-bond acceptors (Lipinski definition) is 0. The van der Waals surface area contributed by atoms with Crippen molar-refractivity contribution in [3.8, 4) is 0 Å². The zero-order valence-electron chi connectivity index (χ0n) is 8.83. The average Bonchev–Trinajstić information content (AvgIpc) is 2.23. The normalized spacial score (nSPS) is 21.4. The zero-order valence-corrected chi connectivity index (χ0v) is 8.83. The molecule has 1 aromatic rings. The molecule has 1 unspecified atom stereocenters. The molecule has 0 aliphatic heterocycles. The summed E-state index contributed by atoms with van der Waals surface area (Å²) in [6, 6.07) is 10.6. The van der Waals surface area contributed by atoms with Crippen molar-refractivity contribution in [2.75, 3.05) is 0 Å². The van der Waals surface area contributed by atoms with E-state index >= 15 is 0 Å². The standard InChI is InChI=1S/C14H16/c1-11-8-9-14(10-12(11)2)13-6-4-3-5-7-13/h3-9,12H,10H2,1-2H3. The van der Waals surface area contributed by atoms with Crippen molar-refractivity contribution in [1.29, 1.82) is 0 Å². The minimum atomic E-state index is 0.690. The van der Waals surface area contributed by atoms with Crippen LogP contribution in [0.5, 0.6) is 0 Å². The molecule has 1 aliphatic carbocycles. The molecule has 2 rings (SSSR count). The second-order valence-electron chi connectivity index (χ2n) is 4.07. The van der Waals surface area contributed by atoms with Crippen LogP contribution in [0.15, 0.2) is 48.1 Å². The molecular formula is C14H16. The van der Waals surface area contributed by atoms with Crippen molar-refractivity contribution in [3.05, 3.63) is 53.6 Å². The van der Waals surface area contributed by atoms with E-state index in [2.05, 4.69) is 56.3 Å². The fourth-order valence-electron chi connectivity index (χ4n) is 1.82. The third-order valence-electron chi connectivity index (χ3n) is 3.00. The lowest BCUT2D eigenvalue weighted by molar-refractivity contribution is 0.697. The van der Waals surface area contributed by atoms with Gasteiger partial charge in [0.2, 0.25) is 0 Å². The van der Waals surface area contributed by atoms with Gasteiger partial charge in [-0.25, -0.2) is 0 Å². The Labute approximate surface area is 86.0 Å². The average molecular weight is 184 g/mol. The van der Waals surface area contributed by atoms with Gasteiger partial charge >= 0.3 is 0 Å². The Morgan fingerprint density at radius 2 is 1.79 bits per heavy atom. The Morgan fingerprint density at radius 1 is 1.07 bits per heavy atom. The summed E-state index contributed by atoms with van der Waals surface area (Å²) in [5.41, 5.74) is 4.32. The fraction of sp³-hybridized carbons (Fsp3) is 0.286. The first-order valence-electron chi connectivity index (χ1n) is 5.20. The summed E-state index contributed by atoms with van der Waals surface area (Å²) in [5.74, 6) is 0.690. The van der Waals surface area contributed by atoms with Crippen LogP contribution in [0.25, 0.3) is 5.57 Å². The lowest BCUT2D eigenvalue weighted by Gasteiger charge is -2.19. The topological polar surface area (TPSA) is 0 Å². The van der Waals surface area contributed by atoms with E-state index in [0.29, 0.717) is 5.92 Å². The molecule has 72 valence electrons. The molecule has 0 aromatic heterocycles. The molecule has 14 heavy (non-hydrogen) atoms. The van der Waals surface area contributed by atoms with Crippen molar-refractivity contribution < 1.29 is 0 Å². The number of hydrogen-bond donors (Lipinski definition) is 0. The Bertz CT molecular complexity index is 368. The Kier molecular flexibility index (Phi) is 2.53. The van der Waals surface area contributed by atoms with Gasteiger partial charge in [-0.2, -0.15) is 0 Å². The van der Waals surface area contributed by atoms with Crippen LogP contribution in [0.4, 0.5) is 0 Å². The third-order valence-corrected chi connectivity index (χ3v) is 3.00. The van der Waals surface area contributed by atoms with Gasteiger partial charge in [0.05, 0.1) is 0 Å². The Hall–Kier alpha value is -1.30. The minimum Gasteiger partial charge on any atom is -0.0702 e. The highest BCUT2D eigenvalue weighted by Crippen LogP contribution is 2.30. The van der Waals surface area contributed by atoms with Gasteiger partial charge in [-0.05, 0) is 30.4 Å². The molecular weight excluding hydrogens is 168 g/mol. The van der Waals surface area contributed by atoms with Gasteiger partial charge in [-0.1, -0.05) is 55.0 Å². The summed E-state index contributed by atoms with van der Waals surface area (Å²) < 4.78 is 0. The molecule has 0 bridgehead atoms. The van der Waals surface area contributed by atoms with E-state index < -0.39 is 0 Å². The van der Waals surface area contributed by atoms with Gasteiger partial charge in [-0.15, -0.1) is 0 Å². The maximum Gasteiger partial charge on any atom is -0.0191 e. The first kappa shape index (κ1) is 9.26. The summed E-state index contributed by atoms with van der Waals surface area (Å²) in [6.45, 7) is 4.50. The maximum absolute atomic E-state index is 2.29. The molecule has 1 aliphatic rings. The molecule has 0 N–H and O–H groups in total. The van der Waals surface area contributed by atoms with E-state index in [1.165, 1.54) is 23.1 Å². The van der Waals surface area contributed by atoms with Gasteiger partial charge in [0.25, 0.3) is 0 Å². The van der Waals surface area contributed by atoms with E-state index in [1.54, 1.807) is 0 Å². The summed E-state index contributed by atoms with van der Waals surface area (Å²) in [4.78, 5) is 0. The van der Waals surface area contributed by atoms with Crippen LogP contribution in [0.1, 0.15) is 25.8 Å². The number of allylic oxidation sites excluding steroid dienone is 4. The van der Waals surface area contributed by atoms with Crippen molar-refractivity contribution in [2.45, 2.75) is 20.3 Å². The van der Waals surface area contributed by atoms with Crippen molar-refractivity contribution in [2.24, 2.45) is 5.92 Å². The summed E-state index contributed by atoms with van der Waals surface area (Å²) in [7, 11) is 0. The molecule has 0 radical (unpaired) electrons.